The number of benzene rings is 2. The summed E-state index contributed by atoms with van der Waals surface area (Å²) >= 11 is 0. The van der Waals surface area contributed by atoms with E-state index in [4.69, 9.17) is 4.84 Å². The number of oxime groups is 1. The second-order valence-corrected chi connectivity index (χ2v) is 8.20. The lowest BCUT2D eigenvalue weighted by Crippen LogP contribution is -2.31. The largest absolute Gasteiger partial charge is 0.418 e. The summed E-state index contributed by atoms with van der Waals surface area (Å²) in [6.45, 7) is 0. The molecule has 156 valence electrons. The van der Waals surface area contributed by atoms with E-state index >= 15 is 0 Å². The maximum Gasteiger partial charge on any atom is 0.418 e. The first-order valence-corrected chi connectivity index (χ1v) is 10.1. The van der Waals surface area contributed by atoms with Crippen LogP contribution in [0.25, 0.3) is 22.0 Å². The van der Waals surface area contributed by atoms with Crippen LogP contribution in [-0.2, 0) is 11.0 Å². The molecule has 0 saturated heterocycles. The number of fused-ring (bicyclic) bond motifs is 1. The SMILES string of the molecule is Fc1ccccc1-c1cc(C(F)(F)F)c2[nH]c(C3=NOC4(CCCCC4)C3)cc2c1. The van der Waals surface area contributed by atoms with Gasteiger partial charge in [0.15, 0.2) is 0 Å². The van der Waals surface area contributed by atoms with E-state index in [2.05, 4.69) is 10.1 Å². The summed E-state index contributed by atoms with van der Waals surface area (Å²) in [7, 11) is 0. The topological polar surface area (TPSA) is 37.4 Å². The molecule has 1 aromatic heterocycles. The Kier molecular flexibility index (Phi) is 4.38. The Bertz CT molecular complexity index is 1140. The number of alkyl halides is 3. The highest BCUT2D eigenvalue weighted by Gasteiger charge is 2.41. The first kappa shape index (κ1) is 19.2. The summed E-state index contributed by atoms with van der Waals surface area (Å²) in [5.41, 5.74) is 0.302. The van der Waals surface area contributed by atoms with Crippen LogP contribution in [0.5, 0.6) is 0 Å². The molecule has 2 aromatic carbocycles. The number of hydrogen-bond donors (Lipinski definition) is 1. The van der Waals surface area contributed by atoms with Crippen LogP contribution in [0.3, 0.4) is 0 Å². The molecular weight excluding hydrogens is 396 g/mol. The molecule has 0 radical (unpaired) electrons. The van der Waals surface area contributed by atoms with Crippen LogP contribution in [0, 0.1) is 5.82 Å². The Morgan fingerprint density at radius 3 is 2.50 bits per heavy atom. The van der Waals surface area contributed by atoms with Gasteiger partial charge in [0.2, 0.25) is 0 Å². The molecule has 0 amide bonds. The van der Waals surface area contributed by atoms with Gasteiger partial charge in [-0.2, -0.15) is 13.2 Å². The van der Waals surface area contributed by atoms with Gasteiger partial charge in [0.1, 0.15) is 17.1 Å². The fraction of sp³-hybridized carbons (Fsp3) is 0.348. The average molecular weight is 416 g/mol. The van der Waals surface area contributed by atoms with Crippen molar-refractivity contribution in [3.8, 4) is 11.1 Å². The number of nitrogens with one attached hydrogen (secondary N) is 1. The van der Waals surface area contributed by atoms with Crippen LogP contribution >= 0.6 is 0 Å². The van der Waals surface area contributed by atoms with Gasteiger partial charge >= 0.3 is 6.18 Å². The molecule has 1 saturated carbocycles. The predicted molar refractivity (Wildman–Crippen MR) is 107 cm³/mol. The van der Waals surface area contributed by atoms with Crippen LogP contribution in [0.1, 0.15) is 49.8 Å². The van der Waals surface area contributed by atoms with E-state index in [9.17, 15) is 17.6 Å². The van der Waals surface area contributed by atoms with Crippen LogP contribution in [-0.4, -0.2) is 16.3 Å². The van der Waals surface area contributed by atoms with Gasteiger partial charge in [-0.15, -0.1) is 0 Å². The molecule has 1 aliphatic carbocycles. The lowest BCUT2D eigenvalue weighted by atomic mass is 9.81. The summed E-state index contributed by atoms with van der Waals surface area (Å²) in [5.74, 6) is -0.562. The third-order valence-corrected chi connectivity index (χ3v) is 6.13. The summed E-state index contributed by atoms with van der Waals surface area (Å²) in [6, 6.07) is 10.1. The number of H-pyrrole nitrogens is 1. The van der Waals surface area contributed by atoms with Crippen molar-refractivity contribution < 1.29 is 22.4 Å². The smallest absolute Gasteiger partial charge is 0.389 e. The van der Waals surface area contributed by atoms with Crippen molar-refractivity contribution in [3.05, 3.63) is 59.5 Å². The molecule has 3 aromatic rings. The van der Waals surface area contributed by atoms with Gasteiger partial charge in [-0.1, -0.05) is 29.8 Å². The van der Waals surface area contributed by atoms with E-state index in [-0.39, 0.29) is 22.2 Å². The Morgan fingerprint density at radius 1 is 1.00 bits per heavy atom. The fourth-order valence-electron chi connectivity index (χ4n) is 4.60. The first-order valence-electron chi connectivity index (χ1n) is 10.1. The minimum atomic E-state index is -4.58. The van der Waals surface area contributed by atoms with Crippen molar-refractivity contribution in [1.29, 1.82) is 0 Å². The number of aromatic amines is 1. The van der Waals surface area contributed by atoms with Gasteiger partial charge in [0, 0.05) is 17.4 Å². The average Bonchev–Trinajstić information content (AvgIpc) is 3.32. The van der Waals surface area contributed by atoms with E-state index in [1.54, 1.807) is 18.2 Å². The standard InChI is InChI=1S/C23H20F4N2O/c24-18-7-3-2-6-16(18)14-10-15-12-19(28-21(15)17(11-14)23(25,26)27)20-13-22(30-29-20)8-4-1-5-9-22/h2-3,6-7,10-12,28H,1,4-5,8-9,13H2. The van der Waals surface area contributed by atoms with E-state index in [0.29, 0.717) is 23.2 Å². The van der Waals surface area contributed by atoms with Gasteiger partial charge in [-0.3, -0.25) is 0 Å². The fourth-order valence-corrected chi connectivity index (χ4v) is 4.60. The number of nitrogens with zero attached hydrogens (tertiary/aromatic N) is 1. The second-order valence-electron chi connectivity index (χ2n) is 8.20. The Hall–Kier alpha value is -2.83. The number of halogens is 4. The van der Waals surface area contributed by atoms with E-state index < -0.39 is 17.6 Å². The van der Waals surface area contributed by atoms with E-state index in [1.165, 1.54) is 24.6 Å². The highest BCUT2D eigenvalue weighted by Crippen LogP contribution is 2.42. The maximum absolute atomic E-state index is 14.2. The van der Waals surface area contributed by atoms with E-state index in [1.807, 2.05) is 0 Å². The van der Waals surface area contributed by atoms with Crippen molar-refractivity contribution in [1.82, 2.24) is 4.98 Å². The Balaban J connectivity index is 1.59. The zero-order valence-corrected chi connectivity index (χ0v) is 16.2. The molecule has 1 fully saturated rings. The molecule has 0 unspecified atom stereocenters. The molecule has 3 nitrogen and oxygen atoms in total. The van der Waals surface area contributed by atoms with Gasteiger partial charge < -0.3 is 9.82 Å². The van der Waals surface area contributed by atoms with Crippen molar-refractivity contribution >= 4 is 16.6 Å². The molecule has 2 aliphatic rings. The molecule has 30 heavy (non-hydrogen) atoms. The Morgan fingerprint density at radius 2 is 1.77 bits per heavy atom. The third-order valence-electron chi connectivity index (χ3n) is 6.13. The van der Waals surface area contributed by atoms with Crippen molar-refractivity contribution in [2.24, 2.45) is 5.16 Å². The van der Waals surface area contributed by atoms with Crippen LogP contribution in [0.2, 0.25) is 0 Å². The molecule has 7 heteroatoms. The molecule has 0 bridgehead atoms. The zero-order valence-electron chi connectivity index (χ0n) is 16.2. The van der Waals surface area contributed by atoms with Gasteiger partial charge in [-0.05, 0) is 55.5 Å². The van der Waals surface area contributed by atoms with Gasteiger partial charge in [0.25, 0.3) is 0 Å². The molecule has 1 N–H and O–H groups in total. The normalized spacial score (nSPS) is 18.6. The van der Waals surface area contributed by atoms with Crippen LogP contribution in [0.15, 0.2) is 47.6 Å². The predicted octanol–water partition coefficient (Wildman–Crippen LogP) is 6.82. The molecule has 1 spiro atoms. The molecule has 1 aliphatic heterocycles. The molecule has 0 atom stereocenters. The van der Waals surface area contributed by atoms with Crippen LogP contribution in [0.4, 0.5) is 17.6 Å². The maximum atomic E-state index is 14.2. The van der Waals surface area contributed by atoms with Crippen LogP contribution < -0.4 is 0 Å². The van der Waals surface area contributed by atoms with Crippen molar-refractivity contribution in [2.75, 3.05) is 0 Å². The summed E-state index contributed by atoms with van der Waals surface area (Å²) in [5, 5.41) is 4.57. The number of rotatable bonds is 2. The number of hydrogen-bond acceptors (Lipinski definition) is 2. The van der Waals surface area contributed by atoms with Crippen molar-refractivity contribution in [2.45, 2.75) is 50.3 Å². The van der Waals surface area contributed by atoms with E-state index in [0.717, 1.165) is 31.7 Å². The third kappa shape index (κ3) is 3.26. The monoisotopic (exact) mass is 416 g/mol. The quantitative estimate of drug-likeness (QED) is 0.457. The van der Waals surface area contributed by atoms with Gasteiger partial charge in [-0.25, -0.2) is 4.39 Å². The highest BCUT2D eigenvalue weighted by molar-refractivity contribution is 6.05. The number of aromatic nitrogens is 1. The minimum Gasteiger partial charge on any atom is -0.389 e. The van der Waals surface area contributed by atoms with Crippen molar-refractivity contribution in [3.63, 3.8) is 0 Å². The lowest BCUT2D eigenvalue weighted by Gasteiger charge is -2.30. The summed E-state index contributed by atoms with van der Waals surface area (Å²) in [4.78, 5) is 8.65. The summed E-state index contributed by atoms with van der Waals surface area (Å²) in [6.07, 6.45) is 1.12. The molecular formula is C23H20F4N2O. The zero-order chi connectivity index (χ0) is 20.9. The lowest BCUT2D eigenvalue weighted by molar-refractivity contribution is -0.136. The molecule has 2 heterocycles. The highest BCUT2D eigenvalue weighted by atomic mass is 19.4. The Labute approximate surface area is 170 Å². The second kappa shape index (κ2) is 6.86. The molecule has 5 rings (SSSR count). The van der Waals surface area contributed by atoms with Gasteiger partial charge in [0.05, 0.1) is 16.8 Å². The summed E-state index contributed by atoms with van der Waals surface area (Å²) < 4.78 is 55.7. The minimum absolute atomic E-state index is 0.0233. The first-order chi connectivity index (χ1) is 14.3.